The first-order chi connectivity index (χ1) is 5.60. The van der Waals surface area contributed by atoms with Crippen LogP contribution in [0.4, 0.5) is 0 Å². The van der Waals surface area contributed by atoms with E-state index in [0.29, 0.717) is 0 Å². The molecule has 2 rings (SSSR count). The average molecular weight is 167 g/mol. The van der Waals surface area contributed by atoms with Crippen molar-refractivity contribution in [3.8, 4) is 0 Å². The molecule has 2 atom stereocenters. The molecule has 1 aliphatic carbocycles. The fourth-order valence-electron chi connectivity index (χ4n) is 3.10. The lowest BCUT2D eigenvalue weighted by molar-refractivity contribution is -0.135. The van der Waals surface area contributed by atoms with Crippen LogP contribution in [0.3, 0.4) is 0 Å². The Kier molecular flexibility index (Phi) is 1.67. The zero-order valence-corrected chi connectivity index (χ0v) is 7.89. The van der Waals surface area contributed by atoms with Crippen LogP contribution in [-0.2, 0) is 4.79 Å². The number of nitrogens with one attached hydrogen (secondary N) is 1. The van der Waals surface area contributed by atoms with Crippen molar-refractivity contribution in [3.05, 3.63) is 0 Å². The Labute approximate surface area is 73.7 Å². The smallest absolute Gasteiger partial charge is 0.222 e. The van der Waals surface area contributed by atoms with E-state index < -0.39 is 0 Å². The third-order valence-corrected chi connectivity index (χ3v) is 3.19. The molecule has 2 nitrogen and oxygen atoms in total. The van der Waals surface area contributed by atoms with Gasteiger partial charge >= 0.3 is 0 Å². The van der Waals surface area contributed by atoms with Gasteiger partial charge in [-0.25, -0.2) is 0 Å². The van der Waals surface area contributed by atoms with E-state index in [1.807, 2.05) is 0 Å². The summed E-state index contributed by atoms with van der Waals surface area (Å²) >= 11 is 0. The molecule has 2 unspecified atom stereocenters. The molecule has 1 aliphatic heterocycles. The molecule has 2 heteroatoms. The van der Waals surface area contributed by atoms with Crippen LogP contribution < -0.4 is 5.32 Å². The molecule has 1 saturated carbocycles. The van der Waals surface area contributed by atoms with Crippen LogP contribution in [0.25, 0.3) is 0 Å². The van der Waals surface area contributed by atoms with Crippen LogP contribution in [0, 0.1) is 11.8 Å². The summed E-state index contributed by atoms with van der Waals surface area (Å²) in [5.41, 5.74) is 0.216. The SMILES string of the molecule is CC1CC(C)CC2(CC(=O)N2)C1. The van der Waals surface area contributed by atoms with Crippen molar-refractivity contribution in [1.82, 2.24) is 5.32 Å². The summed E-state index contributed by atoms with van der Waals surface area (Å²) in [4.78, 5) is 10.9. The molecule has 68 valence electrons. The molecule has 1 amide bonds. The van der Waals surface area contributed by atoms with E-state index in [0.717, 1.165) is 18.3 Å². The molecule has 0 aromatic rings. The zero-order chi connectivity index (χ0) is 8.77. The second-order valence-corrected chi connectivity index (χ2v) is 4.86. The molecule has 0 radical (unpaired) electrons. The Hall–Kier alpha value is -0.530. The quantitative estimate of drug-likeness (QED) is 0.547. The molecule has 0 bridgehead atoms. The topological polar surface area (TPSA) is 29.1 Å². The van der Waals surface area contributed by atoms with Gasteiger partial charge in [-0.15, -0.1) is 0 Å². The Morgan fingerprint density at radius 3 is 2.25 bits per heavy atom. The molecule has 0 aromatic carbocycles. The third kappa shape index (κ3) is 1.23. The van der Waals surface area contributed by atoms with E-state index >= 15 is 0 Å². The Morgan fingerprint density at radius 1 is 1.33 bits per heavy atom. The van der Waals surface area contributed by atoms with Gasteiger partial charge in [-0.05, 0) is 31.1 Å². The van der Waals surface area contributed by atoms with Crippen LogP contribution in [0.5, 0.6) is 0 Å². The van der Waals surface area contributed by atoms with Crippen molar-refractivity contribution < 1.29 is 4.79 Å². The number of β-lactam (4-membered cyclic amide) rings is 1. The monoisotopic (exact) mass is 167 g/mol. The Balaban J connectivity index is 2.02. The minimum atomic E-state index is 0.216. The Morgan fingerprint density at radius 2 is 1.83 bits per heavy atom. The first kappa shape index (κ1) is 8.09. The van der Waals surface area contributed by atoms with Crippen LogP contribution in [-0.4, -0.2) is 11.4 Å². The van der Waals surface area contributed by atoms with Crippen LogP contribution >= 0.6 is 0 Å². The summed E-state index contributed by atoms with van der Waals surface area (Å²) in [5, 5.41) is 3.08. The van der Waals surface area contributed by atoms with Crippen molar-refractivity contribution in [3.63, 3.8) is 0 Å². The second-order valence-electron chi connectivity index (χ2n) is 4.86. The van der Waals surface area contributed by atoms with Crippen LogP contribution in [0.15, 0.2) is 0 Å². The lowest BCUT2D eigenvalue weighted by atomic mass is 9.67. The van der Waals surface area contributed by atoms with Gasteiger partial charge in [0.2, 0.25) is 5.91 Å². The summed E-state index contributed by atoms with van der Waals surface area (Å²) in [6.45, 7) is 4.59. The minimum Gasteiger partial charge on any atom is -0.350 e. The summed E-state index contributed by atoms with van der Waals surface area (Å²) in [6, 6.07) is 0. The van der Waals surface area contributed by atoms with Gasteiger partial charge in [-0.1, -0.05) is 13.8 Å². The first-order valence-electron chi connectivity index (χ1n) is 4.91. The molecule has 1 spiro atoms. The summed E-state index contributed by atoms with van der Waals surface area (Å²) < 4.78 is 0. The van der Waals surface area contributed by atoms with E-state index in [-0.39, 0.29) is 11.4 Å². The molecule has 0 aromatic heterocycles. The Bertz CT molecular complexity index is 192. The van der Waals surface area contributed by atoms with Gasteiger partial charge in [-0.3, -0.25) is 4.79 Å². The van der Waals surface area contributed by atoms with Gasteiger partial charge in [0.1, 0.15) is 0 Å². The molecule has 2 fully saturated rings. The summed E-state index contributed by atoms with van der Waals surface area (Å²) in [5.74, 6) is 1.82. The fourth-order valence-corrected chi connectivity index (χ4v) is 3.10. The maximum atomic E-state index is 10.9. The van der Waals surface area contributed by atoms with E-state index in [1.165, 1.54) is 19.3 Å². The van der Waals surface area contributed by atoms with Crippen molar-refractivity contribution in [2.45, 2.75) is 45.1 Å². The highest BCUT2D eigenvalue weighted by Crippen LogP contribution is 2.41. The predicted octanol–water partition coefficient (Wildman–Crippen LogP) is 1.70. The normalized spacial score (nSPS) is 47.0. The van der Waals surface area contributed by atoms with E-state index in [2.05, 4.69) is 19.2 Å². The van der Waals surface area contributed by atoms with Crippen molar-refractivity contribution in [2.24, 2.45) is 11.8 Å². The molecule has 12 heavy (non-hydrogen) atoms. The summed E-state index contributed by atoms with van der Waals surface area (Å²) in [7, 11) is 0. The highest BCUT2D eigenvalue weighted by atomic mass is 16.2. The number of amides is 1. The van der Waals surface area contributed by atoms with Gasteiger partial charge in [0, 0.05) is 12.0 Å². The number of hydrogen-bond donors (Lipinski definition) is 1. The number of carbonyl (C=O) groups is 1. The first-order valence-corrected chi connectivity index (χ1v) is 4.91. The number of rotatable bonds is 0. The minimum absolute atomic E-state index is 0.216. The predicted molar refractivity (Wildman–Crippen MR) is 47.7 cm³/mol. The van der Waals surface area contributed by atoms with E-state index in [1.54, 1.807) is 0 Å². The highest BCUT2D eigenvalue weighted by Gasteiger charge is 2.46. The number of carbonyl (C=O) groups excluding carboxylic acids is 1. The third-order valence-electron chi connectivity index (χ3n) is 3.19. The maximum absolute atomic E-state index is 10.9. The molecule has 1 saturated heterocycles. The van der Waals surface area contributed by atoms with Crippen LogP contribution in [0.2, 0.25) is 0 Å². The van der Waals surface area contributed by atoms with Crippen molar-refractivity contribution in [1.29, 1.82) is 0 Å². The molecular formula is C10H17NO. The lowest BCUT2D eigenvalue weighted by Crippen LogP contribution is -2.63. The van der Waals surface area contributed by atoms with Gasteiger partial charge < -0.3 is 5.32 Å². The van der Waals surface area contributed by atoms with Crippen molar-refractivity contribution in [2.75, 3.05) is 0 Å². The maximum Gasteiger partial charge on any atom is 0.222 e. The second kappa shape index (κ2) is 2.48. The molecule has 1 N–H and O–H groups in total. The molecular weight excluding hydrogens is 150 g/mol. The largest absolute Gasteiger partial charge is 0.350 e. The van der Waals surface area contributed by atoms with E-state index in [9.17, 15) is 4.79 Å². The van der Waals surface area contributed by atoms with E-state index in [4.69, 9.17) is 0 Å². The highest BCUT2D eigenvalue weighted by molar-refractivity contribution is 5.84. The van der Waals surface area contributed by atoms with Gasteiger partial charge in [0.15, 0.2) is 0 Å². The average Bonchev–Trinajstić information content (AvgIpc) is 1.80. The van der Waals surface area contributed by atoms with Crippen molar-refractivity contribution >= 4 is 5.91 Å². The molecule has 2 aliphatic rings. The summed E-state index contributed by atoms with van der Waals surface area (Å²) in [6.07, 6.45) is 4.51. The molecule has 1 heterocycles. The number of hydrogen-bond acceptors (Lipinski definition) is 1. The fraction of sp³-hybridized carbons (Fsp3) is 0.900. The van der Waals surface area contributed by atoms with Gasteiger partial charge in [0.25, 0.3) is 0 Å². The van der Waals surface area contributed by atoms with Gasteiger partial charge in [0.05, 0.1) is 0 Å². The zero-order valence-electron chi connectivity index (χ0n) is 7.89. The van der Waals surface area contributed by atoms with Gasteiger partial charge in [-0.2, -0.15) is 0 Å². The lowest BCUT2D eigenvalue weighted by Gasteiger charge is -2.49. The van der Waals surface area contributed by atoms with Crippen LogP contribution in [0.1, 0.15) is 39.5 Å². The standard InChI is InChI=1S/C10H17NO/c1-7-3-8(2)5-10(4-7)6-9(12)11-10/h7-8H,3-6H2,1-2H3,(H,11,12).